The first-order valence-corrected chi connectivity index (χ1v) is 7.98. The second kappa shape index (κ2) is 5.90. The van der Waals surface area contributed by atoms with E-state index in [1.54, 1.807) is 0 Å². The predicted octanol–water partition coefficient (Wildman–Crippen LogP) is 1.64. The van der Waals surface area contributed by atoms with E-state index < -0.39 is 0 Å². The zero-order chi connectivity index (χ0) is 14.0. The minimum Gasteiger partial charge on any atom is -0.354 e. The van der Waals surface area contributed by atoms with Crippen LogP contribution in [0.2, 0.25) is 0 Å². The van der Waals surface area contributed by atoms with E-state index in [2.05, 4.69) is 22.5 Å². The molecule has 1 saturated heterocycles. The molecule has 1 unspecified atom stereocenters. The van der Waals surface area contributed by atoms with E-state index in [0.29, 0.717) is 12.6 Å². The lowest BCUT2D eigenvalue weighted by atomic mass is 9.86. The SMILES string of the molecule is CN=C(NCC1COC2(CCC(C)CC2)O1)NC1CC1. The summed E-state index contributed by atoms with van der Waals surface area (Å²) in [6, 6.07) is 0.619. The van der Waals surface area contributed by atoms with E-state index >= 15 is 0 Å². The molecule has 20 heavy (non-hydrogen) atoms. The third-order valence-corrected chi connectivity index (χ3v) is 4.59. The van der Waals surface area contributed by atoms with Crippen molar-refractivity contribution < 1.29 is 9.47 Å². The number of hydrogen-bond donors (Lipinski definition) is 2. The van der Waals surface area contributed by atoms with Crippen LogP contribution in [0.5, 0.6) is 0 Å². The van der Waals surface area contributed by atoms with E-state index in [9.17, 15) is 0 Å². The molecule has 2 saturated carbocycles. The Morgan fingerprint density at radius 2 is 2.00 bits per heavy atom. The first-order valence-electron chi connectivity index (χ1n) is 7.98. The van der Waals surface area contributed by atoms with Crippen LogP contribution >= 0.6 is 0 Å². The number of nitrogens with zero attached hydrogens (tertiary/aromatic N) is 1. The molecule has 5 heteroatoms. The highest BCUT2D eigenvalue weighted by atomic mass is 16.7. The molecule has 3 fully saturated rings. The molecule has 0 bridgehead atoms. The molecule has 3 rings (SSSR count). The fourth-order valence-electron chi connectivity index (χ4n) is 3.01. The van der Waals surface area contributed by atoms with Gasteiger partial charge in [0.05, 0.1) is 6.61 Å². The quantitative estimate of drug-likeness (QED) is 0.610. The van der Waals surface area contributed by atoms with Crippen LogP contribution in [0.15, 0.2) is 4.99 Å². The lowest BCUT2D eigenvalue weighted by molar-refractivity contribution is -0.191. The molecule has 0 radical (unpaired) electrons. The Bertz CT molecular complexity index is 360. The summed E-state index contributed by atoms with van der Waals surface area (Å²) in [7, 11) is 1.81. The van der Waals surface area contributed by atoms with E-state index in [0.717, 1.165) is 31.3 Å². The largest absolute Gasteiger partial charge is 0.354 e. The topological polar surface area (TPSA) is 54.9 Å². The molecule has 1 heterocycles. The van der Waals surface area contributed by atoms with Crippen molar-refractivity contribution in [1.29, 1.82) is 0 Å². The standard InChI is InChI=1S/C15H27N3O2/c1-11-5-7-15(8-6-11)19-10-13(20-15)9-17-14(16-2)18-12-3-4-12/h11-13H,3-10H2,1-2H3,(H2,16,17,18). The number of aliphatic imine (C=N–C) groups is 1. The summed E-state index contributed by atoms with van der Waals surface area (Å²) in [6.45, 7) is 3.78. The highest BCUT2D eigenvalue weighted by molar-refractivity contribution is 5.80. The fourth-order valence-corrected chi connectivity index (χ4v) is 3.01. The maximum absolute atomic E-state index is 6.19. The lowest BCUT2D eigenvalue weighted by Crippen LogP contribution is -2.43. The zero-order valence-corrected chi connectivity index (χ0v) is 12.7. The van der Waals surface area contributed by atoms with Crippen molar-refractivity contribution >= 4 is 5.96 Å². The van der Waals surface area contributed by atoms with Gasteiger partial charge in [-0.1, -0.05) is 6.92 Å². The molecule has 5 nitrogen and oxygen atoms in total. The van der Waals surface area contributed by atoms with Gasteiger partial charge in [0.2, 0.25) is 0 Å². The van der Waals surface area contributed by atoms with Crippen LogP contribution in [-0.2, 0) is 9.47 Å². The molecule has 1 spiro atoms. The third-order valence-electron chi connectivity index (χ3n) is 4.59. The third kappa shape index (κ3) is 3.44. The molecule has 2 N–H and O–H groups in total. The van der Waals surface area contributed by atoms with Gasteiger partial charge in [-0.15, -0.1) is 0 Å². The van der Waals surface area contributed by atoms with Crippen molar-refractivity contribution in [3.05, 3.63) is 0 Å². The van der Waals surface area contributed by atoms with Crippen molar-refractivity contribution in [2.45, 2.75) is 63.4 Å². The van der Waals surface area contributed by atoms with E-state index in [-0.39, 0.29) is 11.9 Å². The predicted molar refractivity (Wildman–Crippen MR) is 78.7 cm³/mol. The van der Waals surface area contributed by atoms with Crippen LogP contribution in [0.1, 0.15) is 45.4 Å². The molecule has 114 valence electrons. The van der Waals surface area contributed by atoms with Gasteiger partial charge < -0.3 is 20.1 Å². The molecule has 1 aliphatic heterocycles. The van der Waals surface area contributed by atoms with Crippen LogP contribution in [0.25, 0.3) is 0 Å². The molecule has 1 atom stereocenters. The first-order chi connectivity index (χ1) is 9.69. The van der Waals surface area contributed by atoms with Crippen LogP contribution < -0.4 is 10.6 Å². The van der Waals surface area contributed by atoms with E-state index in [4.69, 9.17) is 9.47 Å². The van der Waals surface area contributed by atoms with Gasteiger partial charge in [-0.05, 0) is 31.6 Å². The molecule has 0 aromatic heterocycles. The summed E-state index contributed by atoms with van der Waals surface area (Å²) in [5.41, 5.74) is 0. The highest BCUT2D eigenvalue weighted by Crippen LogP contribution is 2.39. The molecular formula is C15H27N3O2. The van der Waals surface area contributed by atoms with Crippen LogP contribution in [0, 0.1) is 5.92 Å². The first kappa shape index (κ1) is 14.1. The van der Waals surface area contributed by atoms with Crippen molar-refractivity contribution in [2.75, 3.05) is 20.2 Å². The maximum atomic E-state index is 6.19. The van der Waals surface area contributed by atoms with Gasteiger partial charge in [-0.25, -0.2) is 0 Å². The van der Waals surface area contributed by atoms with Crippen LogP contribution in [-0.4, -0.2) is 44.1 Å². The Labute approximate surface area is 121 Å². The number of nitrogens with one attached hydrogen (secondary N) is 2. The smallest absolute Gasteiger partial charge is 0.191 e. The lowest BCUT2D eigenvalue weighted by Gasteiger charge is -2.34. The second-order valence-corrected chi connectivity index (χ2v) is 6.52. The monoisotopic (exact) mass is 281 g/mol. The summed E-state index contributed by atoms with van der Waals surface area (Å²) < 4.78 is 12.2. The van der Waals surface area contributed by atoms with Crippen molar-refractivity contribution in [1.82, 2.24) is 10.6 Å². The number of hydrogen-bond acceptors (Lipinski definition) is 3. The van der Waals surface area contributed by atoms with Crippen LogP contribution in [0.4, 0.5) is 0 Å². The summed E-state index contributed by atoms with van der Waals surface area (Å²) in [5, 5.41) is 6.73. The second-order valence-electron chi connectivity index (χ2n) is 6.52. The van der Waals surface area contributed by atoms with Gasteiger partial charge in [0.15, 0.2) is 11.7 Å². The molecule has 0 aromatic carbocycles. The Morgan fingerprint density at radius 3 is 2.65 bits per heavy atom. The average Bonchev–Trinajstić information content (AvgIpc) is 3.19. The Morgan fingerprint density at radius 1 is 1.25 bits per heavy atom. The minimum atomic E-state index is -0.285. The number of guanidine groups is 1. The molecule has 3 aliphatic rings. The summed E-state index contributed by atoms with van der Waals surface area (Å²) >= 11 is 0. The average molecular weight is 281 g/mol. The van der Waals surface area contributed by atoms with Crippen LogP contribution in [0.3, 0.4) is 0 Å². The van der Waals surface area contributed by atoms with E-state index in [1.807, 2.05) is 7.05 Å². The summed E-state index contributed by atoms with van der Waals surface area (Å²) in [6.07, 6.45) is 7.16. The van der Waals surface area contributed by atoms with Gasteiger partial charge in [0, 0.05) is 32.5 Å². The number of ether oxygens (including phenoxy) is 2. The summed E-state index contributed by atoms with van der Waals surface area (Å²) in [4.78, 5) is 4.24. The van der Waals surface area contributed by atoms with Crippen molar-refractivity contribution in [3.8, 4) is 0 Å². The highest BCUT2D eigenvalue weighted by Gasteiger charge is 2.43. The van der Waals surface area contributed by atoms with E-state index in [1.165, 1.54) is 25.7 Å². The zero-order valence-electron chi connectivity index (χ0n) is 12.7. The van der Waals surface area contributed by atoms with Crippen molar-refractivity contribution in [3.63, 3.8) is 0 Å². The van der Waals surface area contributed by atoms with Gasteiger partial charge in [-0.2, -0.15) is 0 Å². The molecule has 2 aliphatic carbocycles. The Balaban J connectivity index is 1.43. The maximum Gasteiger partial charge on any atom is 0.191 e. The van der Waals surface area contributed by atoms with Gasteiger partial charge in [-0.3, -0.25) is 4.99 Å². The fraction of sp³-hybridized carbons (Fsp3) is 0.933. The van der Waals surface area contributed by atoms with Gasteiger partial charge in [0.1, 0.15) is 6.10 Å². The van der Waals surface area contributed by atoms with Gasteiger partial charge >= 0.3 is 0 Å². The normalized spacial score (nSPS) is 38.2. The Kier molecular flexibility index (Phi) is 4.17. The molecule has 0 amide bonds. The van der Waals surface area contributed by atoms with Crippen molar-refractivity contribution in [2.24, 2.45) is 10.9 Å². The van der Waals surface area contributed by atoms with Gasteiger partial charge in [0.25, 0.3) is 0 Å². The molecular weight excluding hydrogens is 254 g/mol. The summed E-state index contributed by atoms with van der Waals surface area (Å²) in [5.74, 6) is 1.41. The minimum absolute atomic E-state index is 0.140. The number of rotatable bonds is 3. The Hall–Kier alpha value is -0.810. The molecule has 0 aromatic rings.